The molecule has 3 aromatic carbocycles. The van der Waals surface area contributed by atoms with Gasteiger partial charge in [0.05, 0.1) is 14.2 Å². The second-order valence-corrected chi connectivity index (χ2v) is 9.85. The van der Waals surface area contributed by atoms with Crippen molar-refractivity contribution in [3.63, 3.8) is 0 Å². The van der Waals surface area contributed by atoms with Gasteiger partial charge in [0.1, 0.15) is 28.2 Å². The van der Waals surface area contributed by atoms with Gasteiger partial charge in [-0.3, -0.25) is 9.59 Å². The maximum atomic E-state index is 13.6. The van der Waals surface area contributed by atoms with Crippen molar-refractivity contribution in [1.29, 1.82) is 0 Å². The number of aromatic hydroxyl groups is 3. The molecule has 0 bridgehead atoms. The molecule has 4 aromatic rings. The van der Waals surface area contributed by atoms with E-state index < -0.39 is 17.1 Å². The molecule has 1 unspecified atom stereocenters. The van der Waals surface area contributed by atoms with Crippen LogP contribution in [-0.2, 0) is 4.79 Å². The number of benzene rings is 3. The smallest absolute Gasteiger partial charge is 0.223 e. The largest absolute Gasteiger partial charge is 0.507 e. The molecule has 9 nitrogen and oxygen atoms in total. The van der Waals surface area contributed by atoms with Crippen molar-refractivity contribution >= 4 is 16.9 Å². The molecule has 0 spiro atoms. The van der Waals surface area contributed by atoms with E-state index in [2.05, 4.69) is 0 Å². The SMILES string of the molecule is COc1cc(C(CC(=O)N2CCCCC2)c2c(O)cc(O)c3c(=O)cc(-c4ccccc4)oc23)cc(OC)c1O. The van der Waals surface area contributed by atoms with Crippen LogP contribution < -0.4 is 14.9 Å². The Balaban J connectivity index is 1.77. The molecule has 2 heterocycles. The van der Waals surface area contributed by atoms with Gasteiger partial charge in [-0.15, -0.1) is 0 Å². The normalized spacial score (nSPS) is 14.2. The fourth-order valence-electron chi connectivity index (χ4n) is 5.35. The molecule has 1 aliphatic rings. The molecule has 0 saturated carbocycles. The zero-order chi connectivity index (χ0) is 28.4. The molecule has 3 N–H and O–H groups in total. The molecular formula is C31H31NO8. The van der Waals surface area contributed by atoms with Crippen LogP contribution in [0, 0.1) is 0 Å². The summed E-state index contributed by atoms with van der Waals surface area (Å²) < 4.78 is 17.0. The third-order valence-corrected chi connectivity index (χ3v) is 7.40. The zero-order valence-electron chi connectivity index (χ0n) is 22.3. The molecular weight excluding hydrogens is 514 g/mol. The van der Waals surface area contributed by atoms with Crippen LogP contribution in [0.25, 0.3) is 22.3 Å². The minimum absolute atomic E-state index is 0.0358. The molecule has 1 saturated heterocycles. The van der Waals surface area contributed by atoms with E-state index in [1.807, 2.05) is 6.07 Å². The number of phenols is 3. The summed E-state index contributed by atoms with van der Waals surface area (Å²) >= 11 is 0. The predicted molar refractivity (Wildman–Crippen MR) is 149 cm³/mol. The highest BCUT2D eigenvalue weighted by Crippen LogP contribution is 2.46. The van der Waals surface area contributed by atoms with E-state index in [4.69, 9.17) is 13.9 Å². The Morgan fingerprint density at radius 3 is 2.20 bits per heavy atom. The summed E-state index contributed by atoms with van der Waals surface area (Å²) in [6.07, 6.45) is 2.78. The monoisotopic (exact) mass is 545 g/mol. The standard InChI is InChI=1S/C31H31NO8/c1-38-25-13-19(14-26(39-2)30(25)37)20(15-27(36)32-11-7-4-8-12-32)28-21(33)16-22(34)29-23(35)17-24(40-31(28)29)18-9-5-3-6-10-18/h3,5-6,9-10,13-14,16-17,20,33-34,37H,4,7-8,11-12,15H2,1-2H3. The molecule has 40 heavy (non-hydrogen) atoms. The minimum Gasteiger partial charge on any atom is -0.507 e. The van der Waals surface area contributed by atoms with Gasteiger partial charge >= 0.3 is 0 Å². The lowest BCUT2D eigenvalue weighted by atomic mass is 9.85. The first kappa shape index (κ1) is 26.9. The average Bonchev–Trinajstić information content (AvgIpc) is 2.97. The van der Waals surface area contributed by atoms with Crippen LogP contribution in [0.4, 0.5) is 0 Å². The van der Waals surface area contributed by atoms with Gasteiger partial charge in [-0.25, -0.2) is 0 Å². The number of rotatable bonds is 7. The molecule has 0 radical (unpaired) electrons. The van der Waals surface area contributed by atoms with Gasteiger partial charge < -0.3 is 34.1 Å². The van der Waals surface area contributed by atoms with Crippen LogP contribution in [0.3, 0.4) is 0 Å². The van der Waals surface area contributed by atoms with Crippen molar-refractivity contribution in [2.45, 2.75) is 31.6 Å². The lowest BCUT2D eigenvalue weighted by Crippen LogP contribution is -2.36. The van der Waals surface area contributed by atoms with Gasteiger partial charge in [0.25, 0.3) is 0 Å². The van der Waals surface area contributed by atoms with Crippen LogP contribution in [0.2, 0.25) is 0 Å². The Hall–Kier alpha value is -4.66. The number of hydrogen-bond donors (Lipinski definition) is 3. The quantitative estimate of drug-likeness (QED) is 0.292. The van der Waals surface area contributed by atoms with Gasteiger partial charge in [0, 0.05) is 48.7 Å². The van der Waals surface area contributed by atoms with Gasteiger partial charge in [0.15, 0.2) is 16.9 Å². The van der Waals surface area contributed by atoms with Crippen LogP contribution >= 0.6 is 0 Å². The summed E-state index contributed by atoms with van der Waals surface area (Å²) in [5, 5.41) is 32.4. The molecule has 5 rings (SSSR count). The maximum Gasteiger partial charge on any atom is 0.223 e. The predicted octanol–water partition coefficient (Wildman–Crippen LogP) is 5.13. The lowest BCUT2D eigenvalue weighted by Gasteiger charge is -2.29. The highest BCUT2D eigenvalue weighted by Gasteiger charge is 2.31. The van der Waals surface area contributed by atoms with Crippen LogP contribution in [0.5, 0.6) is 28.7 Å². The molecule has 208 valence electrons. The summed E-state index contributed by atoms with van der Waals surface area (Å²) in [4.78, 5) is 28.7. The molecule has 1 atom stereocenters. The van der Waals surface area contributed by atoms with Crippen molar-refractivity contribution in [2.75, 3.05) is 27.3 Å². The lowest BCUT2D eigenvalue weighted by molar-refractivity contribution is -0.132. The maximum absolute atomic E-state index is 13.6. The van der Waals surface area contributed by atoms with Crippen LogP contribution in [-0.4, -0.2) is 53.4 Å². The Bertz CT molecular complexity index is 1580. The summed E-state index contributed by atoms with van der Waals surface area (Å²) in [6, 6.07) is 14.5. The summed E-state index contributed by atoms with van der Waals surface area (Å²) in [5.74, 6) is -1.53. The number of ether oxygens (including phenoxy) is 2. The Morgan fingerprint density at radius 2 is 1.57 bits per heavy atom. The molecule has 1 aliphatic heterocycles. The van der Waals surface area contributed by atoms with E-state index in [9.17, 15) is 24.9 Å². The van der Waals surface area contributed by atoms with Crippen molar-refractivity contribution in [2.24, 2.45) is 0 Å². The first-order valence-corrected chi connectivity index (χ1v) is 13.1. The summed E-state index contributed by atoms with van der Waals surface area (Å²) in [6.45, 7) is 1.26. The number of phenolic OH excluding ortho intramolecular Hbond substituents is 3. The number of hydrogen-bond acceptors (Lipinski definition) is 8. The molecule has 1 aromatic heterocycles. The topological polar surface area (TPSA) is 130 Å². The molecule has 1 amide bonds. The van der Waals surface area contributed by atoms with Crippen molar-refractivity contribution in [3.05, 3.63) is 75.9 Å². The van der Waals surface area contributed by atoms with Gasteiger partial charge in [0.2, 0.25) is 11.7 Å². The molecule has 0 aliphatic carbocycles. The fourth-order valence-corrected chi connectivity index (χ4v) is 5.35. The first-order valence-electron chi connectivity index (χ1n) is 13.1. The van der Waals surface area contributed by atoms with E-state index in [1.165, 1.54) is 20.3 Å². The fraction of sp³-hybridized carbons (Fsp3) is 0.290. The summed E-state index contributed by atoms with van der Waals surface area (Å²) in [7, 11) is 2.79. The van der Waals surface area contributed by atoms with E-state index in [1.54, 1.807) is 41.3 Å². The second kappa shape index (κ2) is 11.2. The number of likely N-dealkylation sites (tertiary alicyclic amines) is 1. The Labute approximate surface area is 230 Å². The van der Waals surface area contributed by atoms with Crippen LogP contribution in [0.1, 0.15) is 42.7 Å². The van der Waals surface area contributed by atoms with Crippen molar-refractivity contribution in [1.82, 2.24) is 4.90 Å². The van der Waals surface area contributed by atoms with Crippen molar-refractivity contribution < 1.29 is 34.0 Å². The van der Waals surface area contributed by atoms with Gasteiger partial charge in [-0.2, -0.15) is 0 Å². The van der Waals surface area contributed by atoms with Gasteiger partial charge in [-0.1, -0.05) is 30.3 Å². The van der Waals surface area contributed by atoms with Crippen LogP contribution in [0.15, 0.2) is 63.8 Å². The average molecular weight is 546 g/mol. The number of carbonyl (C=O) groups excluding carboxylic acids is 1. The number of carbonyl (C=O) groups is 1. The number of amides is 1. The number of piperidine rings is 1. The van der Waals surface area contributed by atoms with E-state index in [0.29, 0.717) is 24.2 Å². The number of methoxy groups -OCH3 is 2. The van der Waals surface area contributed by atoms with E-state index >= 15 is 0 Å². The Morgan fingerprint density at radius 1 is 0.925 bits per heavy atom. The van der Waals surface area contributed by atoms with E-state index in [-0.39, 0.29) is 57.6 Å². The zero-order valence-corrected chi connectivity index (χ0v) is 22.3. The van der Waals surface area contributed by atoms with Gasteiger partial charge in [-0.05, 0) is 37.0 Å². The second-order valence-electron chi connectivity index (χ2n) is 9.85. The highest BCUT2D eigenvalue weighted by molar-refractivity contribution is 5.91. The molecule has 1 fully saturated rings. The van der Waals surface area contributed by atoms with E-state index in [0.717, 1.165) is 25.3 Å². The number of nitrogens with zero attached hydrogens (tertiary/aromatic N) is 1. The first-order chi connectivity index (χ1) is 19.3. The van der Waals surface area contributed by atoms with Crippen molar-refractivity contribution in [3.8, 4) is 40.1 Å². The highest BCUT2D eigenvalue weighted by atomic mass is 16.5. The third kappa shape index (κ3) is 5.02. The number of fused-ring (bicyclic) bond motifs is 1. The molecule has 9 heteroatoms. The minimum atomic E-state index is -0.852. The summed E-state index contributed by atoms with van der Waals surface area (Å²) in [5.41, 5.74) is 0.728. The third-order valence-electron chi connectivity index (χ3n) is 7.40. The Kier molecular flexibility index (Phi) is 7.55.